The van der Waals surface area contributed by atoms with Gasteiger partial charge in [-0.1, -0.05) is 22.4 Å². The van der Waals surface area contributed by atoms with E-state index in [9.17, 15) is 14.9 Å². The summed E-state index contributed by atoms with van der Waals surface area (Å²) in [4.78, 5) is 22.6. The van der Waals surface area contributed by atoms with Gasteiger partial charge in [-0.05, 0) is 25.0 Å². The largest absolute Gasteiger partial charge is 0.329 e. The molecule has 1 amide bonds. The number of nitrogens with zero attached hydrogens (tertiary/aromatic N) is 1. The fourth-order valence-corrected chi connectivity index (χ4v) is 2.49. The Kier molecular flexibility index (Phi) is 3.86. The molecule has 1 aromatic carbocycles. The maximum atomic E-state index is 12.2. The van der Waals surface area contributed by atoms with Crippen molar-refractivity contribution >= 4 is 33.2 Å². The highest BCUT2D eigenvalue weighted by Gasteiger charge is 2.43. The molecule has 1 saturated carbocycles. The molecule has 0 spiro atoms. The van der Waals surface area contributed by atoms with E-state index < -0.39 is 10.3 Å². The van der Waals surface area contributed by atoms with Gasteiger partial charge in [0.25, 0.3) is 5.69 Å². The second-order valence-electron chi connectivity index (χ2n) is 4.71. The van der Waals surface area contributed by atoms with Crippen LogP contribution in [0.15, 0.2) is 22.7 Å². The van der Waals surface area contributed by atoms with Crippen LogP contribution in [0.1, 0.15) is 19.3 Å². The molecule has 1 aliphatic rings. The summed E-state index contributed by atoms with van der Waals surface area (Å²) in [7, 11) is 0. The van der Waals surface area contributed by atoms with Crippen molar-refractivity contribution in [1.29, 1.82) is 0 Å². The van der Waals surface area contributed by atoms with Crippen LogP contribution < -0.4 is 11.1 Å². The van der Waals surface area contributed by atoms with Gasteiger partial charge in [-0.15, -0.1) is 0 Å². The Balaban J connectivity index is 2.24. The number of nitro benzene ring substituents is 1. The fraction of sp³-hybridized carbons (Fsp3) is 0.417. The molecular weight excluding hydrogens is 314 g/mol. The molecule has 0 aliphatic heterocycles. The lowest BCUT2D eigenvalue weighted by Gasteiger charge is -2.38. The molecule has 0 aromatic heterocycles. The molecule has 3 N–H and O–H groups in total. The highest BCUT2D eigenvalue weighted by atomic mass is 79.9. The molecule has 0 unspecified atom stereocenters. The number of nitrogens with two attached hydrogens (primary N) is 1. The van der Waals surface area contributed by atoms with Crippen molar-refractivity contribution in [1.82, 2.24) is 0 Å². The van der Waals surface area contributed by atoms with Crippen molar-refractivity contribution in [2.75, 3.05) is 11.9 Å². The molecule has 1 aromatic rings. The molecule has 0 bridgehead atoms. The molecule has 1 aliphatic carbocycles. The minimum Gasteiger partial charge on any atom is -0.329 e. The van der Waals surface area contributed by atoms with E-state index in [2.05, 4.69) is 21.2 Å². The Bertz CT molecular complexity index is 523. The summed E-state index contributed by atoms with van der Waals surface area (Å²) in [5.41, 5.74) is 5.16. The zero-order chi connectivity index (χ0) is 14.0. The Morgan fingerprint density at radius 2 is 2.21 bits per heavy atom. The number of benzene rings is 1. The van der Waals surface area contributed by atoms with E-state index in [0.717, 1.165) is 19.3 Å². The quantitative estimate of drug-likeness (QED) is 0.655. The number of nitro groups is 1. The first-order valence-corrected chi connectivity index (χ1v) is 6.73. The van der Waals surface area contributed by atoms with Crippen molar-refractivity contribution in [2.24, 2.45) is 11.1 Å². The minimum atomic E-state index is -0.555. The fourth-order valence-electron chi connectivity index (χ4n) is 2.14. The van der Waals surface area contributed by atoms with Crippen LogP contribution in [0.5, 0.6) is 0 Å². The standard InChI is InChI=1S/C12H14BrN3O3/c13-8-2-3-9(10(6-8)16(18)19)15-11(17)12(7-14)4-1-5-12/h2-3,6H,1,4-5,7,14H2,(H,15,17). The maximum absolute atomic E-state index is 12.2. The van der Waals surface area contributed by atoms with Gasteiger partial charge in [0.05, 0.1) is 10.3 Å². The van der Waals surface area contributed by atoms with Crippen LogP contribution in [0.25, 0.3) is 0 Å². The van der Waals surface area contributed by atoms with Crippen LogP contribution >= 0.6 is 15.9 Å². The number of hydrogen-bond acceptors (Lipinski definition) is 4. The van der Waals surface area contributed by atoms with Crippen LogP contribution in [0.4, 0.5) is 11.4 Å². The van der Waals surface area contributed by atoms with Crippen molar-refractivity contribution in [2.45, 2.75) is 19.3 Å². The highest BCUT2D eigenvalue weighted by Crippen LogP contribution is 2.41. The number of halogens is 1. The number of hydrogen-bond donors (Lipinski definition) is 2. The van der Waals surface area contributed by atoms with E-state index in [1.165, 1.54) is 12.1 Å². The van der Waals surface area contributed by atoms with Crippen molar-refractivity contribution in [3.63, 3.8) is 0 Å². The van der Waals surface area contributed by atoms with Crippen LogP contribution in [0.2, 0.25) is 0 Å². The van der Waals surface area contributed by atoms with E-state index >= 15 is 0 Å². The van der Waals surface area contributed by atoms with Crippen molar-refractivity contribution in [3.8, 4) is 0 Å². The smallest absolute Gasteiger partial charge is 0.293 e. The Morgan fingerprint density at radius 3 is 2.68 bits per heavy atom. The van der Waals surface area contributed by atoms with E-state index in [1.54, 1.807) is 6.07 Å². The van der Waals surface area contributed by atoms with E-state index in [0.29, 0.717) is 4.47 Å². The second kappa shape index (κ2) is 5.26. The highest BCUT2D eigenvalue weighted by molar-refractivity contribution is 9.10. The van der Waals surface area contributed by atoms with Gasteiger partial charge in [0.2, 0.25) is 5.91 Å². The summed E-state index contributed by atoms with van der Waals surface area (Å²) in [6.45, 7) is 0.267. The first-order chi connectivity index (χ1) is 8.98. The van der Waals surface area contributed by atoms with Gasteiger partial charge >= 0.3 is 0 Å². The number of amides is 1. The van der Waals surface area contributed by atoms with E-state index in [1.807, 2.05) is 0 Å². The molecule has 0 saturated heterocycles. The third-order valence-electron chi connectivity index (χ3n) is 3.59. The average Bonchev–Trinajstić information content (AvgIpc) is 2.30. The number of carbonyl (C=O) groups excluding carboxylic acids is 1. The van der Waals surface area contributed by atoms with Gasteiger partial charge in [-0.2, -0.15) is 0 Å². The zero-order valence-electron chi connectivity index (χ0n) is 10.2. The summed E-state index contributed by atoms with van der Waals surface area (Å²) in [6.07, 6.45) is 2.44. The number of carbonyl (C=O) groups is 1. The Morgan fingerprint density at radius 1 is 1.53 bits per heavy atom. The predicted octanol–water partition coefficient (Wildman–Crippen LogP) is 2.42. The van der Waals surface area contributed by atoms with Crippen LogP contribution in [0, 0.1) is 15.5 Å². The van der Waals surface area contributed by atoms with Gasteiger partial charge in [-0.3, -0.25) is 14.9 Å². The monoisotopic (exact) mass is 327 g/mol. The molecule has 7 heteroatoms. The molecular formula is C12H14BrN3O3. The molecule has 1 fully saturated rings. The van der Waals surface area contributed by atoms with Crippen LogP contribution in [-0.4, -0.2) is 17.4 Å². The van der Waals surface area contributed by atoms with E-state index in [-0.39, 0.29) is 23.8 Å². The first kappa shape index (κ1) is 14.0. The summed E-state index contributed by atoms with van der Waals surface area (Å²) in [6, 6.07) is 4.53. The zero-order valence-corrected chi connectivity index (χ0v) is 11.8. The van der Waals surface area contributed by atoms with Gasteiger partial charge < -0.3 is 11.1 Å². The van der Waals surface area contributed by atoms with Gasteiger partial charge in [0, 0.05) is 17.1 Å². The second-order valence-corrected chi connectivity index (χ2v) is 5.63. The number of anilines is 1. The first-order valence-electron chi connectivity index (χ1n) is 5.94. The molecule has 0 radical (unpaired) electrons. The third-order valence-corrected chi connectivity index (χ3v) is 4.08. The van der Waals surface area contributed by atoms with Crippen LogP contribution in [0.3, 0.4) is 0 Å². The lowest BCUT2D eigenvalue weighted by Crippen LogP contribution is -2.47. The van der Waals surface area contributed by atoms with Crippen LogP contribution in [-0.2, 0) is 4.79 Å². The lowest BCUT2D eigenvalue weighted by molar-refractivity contribution is -0.384. The SMILES string of the molecule is NCC1(C(=O)Nc2ccc(Br)cc2[N+](=O)[O-])CCC1. The molecule has 2 rings (SSSR count). The summed E-state index contributed by atoms with van der Waals surface area (Å²) in [5.74, 6) is -0.230. The normalized spacial score (nSPS) is 16.5. The summed E-state index contributed by atoms with van der Waals surface area (Å²) in [5, 5.41) is 13.6. The predicted molar refractivity (Wildman–Crippen MR) is 74.8 cm³/mol. The van der Waals surface area contributed by atoms with Crippen molar-refractivity contribution < 1.29 is 9.72 Å². The average molecular weight is 328 g/mol. The van der Waals surface area contributed by atoms with Crippen molar-refractivity contribution in [3.05, 3.63) is 32.8 Å². The summed E-state index contributed by atoms with van der Waals surface area (Å²) < 4.78 is 0.592. The summed E-state index contributed by atoms with van der Waals surface area (Å²) >= 11 is 3.17. The molecule has 19 heavy (non-hydrogen) atoms. The number of nitrogens with one attached hydrogen (secondary N) is 1. The maximum Gasteiger partial charge on any atom is 0.293 e. The Hall–Kier alpha value is -1.47. The molecule has 102 valence electrons. The Labute approximate surface area is 118 Å². The topological polar surface area (TPSA) is 98.3 Å². The third kappa shape index (κ3) is 2.62. The molecule has 0 heterocycles. The molecule has 0 atom stereocenters. The lowest BCUT2D eigenvalue weighted by atomic mass is 9.68. The van der Waals surface area contributed by atoms with Gasteiger partial charge in [0.15, 0.2) is 0 Å². The van der Waals surface area contributed by atoms with Gasteiger partial charge in [-0.25, -0.2) is 0 Å². The van der Waals surface area contributed by atoms with Gasteiger partial charge in [0.1, 0.15) is 5.69 Å². The van der Waals surface area contributed by atoms with E-state index in [4.69, 9.17) is 5.73 Å². The minimum absolute atomic E-state index is 0.130. The molecule has 6 nitrogen and oxygen atoms in total. The number of rotatable bonds is 4.